The number of rotatable bonds is 11. The lowest BCUT2D eigenvalue weighted by molar-refractivity contribution is -0.122. The van der Waals surface area contributed by atoms with Crippen LogP contribution in [0.3, 0.4) is 0 Å². The number of carbonyl (C=O) groups is 3. The number of aryl methyl sites for hydroxylation is 1. The molecule has 3 aromatic carbocycles. The van der Waals surface area contributed by atoms with Gasteiger partial charge in [0.25, 0.3) is 5.91 Å². The maximum Gasteiger partial charge on any atom is 0.335 e. The van der Waals surface area contributed by atoms with Crippen molar-refractivity contribution in [3.63, 3.8) is 0 Å². The number of hydrogen-bond donors (Lipinski definition) is 2. The monoisotopic (exact) mass is 667 g/mol. The molecule has 0 spiro atoms. The van der Waals surface area contributed by atoms with E-state index in [0.29, 0.717) is 59.4 Å². The van der Waals surface area contributed by atoms with Gasteiger partial charge in [0.2, 0.25) is 5.91 Å². The van der Waals surface area contributed by atoms with Gasteiger partial charge in [-0.25, -0.2) is 13.6 Å². The highest BCUT2D eigenvalue weighted by Gasteiger charge is 2.32. The van der Waals surface area contributed by atoms with Gasteiger partial charge in [0.05, 0.1) is 23.7 Å². The third-order valence-electron chi connectivity index (χ3n) is 7.45. The number of ether oxygens (including phenoxy) is 2. The SMILES string of the molecule is Cc1cc(-c2ccc(F)c(F)c2)cc(/C=C2\SC(=S)N(CCC(=O)Nc3ccc(C(=O)O)cc3)C2=O)c1OCCN1CCOCC1. The number of thioether (sulfide) groups is 1. The Balaban J connectivity index is 1.33. The van der Waals surface area contributed by atoms with Crippen LogP contribution >= 0.6 is 24.0 Å². The quantitative estimate of drug-likeness (QED) is 0.200. The average molecular weight is 668 g/mol. The van der Waals surface area contributed by atoms with E-state index < -0.39 is 17.6 Å². The Hall–Kier alpha value is -4.17. The fourth-order valence-electron chi connectivity index (χ4n) is 5.02. The van der Waals surface area contributed by atoms with Gasteiger partial charge < -0.3 is 19.9 Å². The number of thiocarbonyl (C=S) groups is 1. The molecule has 9 nitrogen and oxygen atoms in total. The summed E-state index contributed by atoms with van der Waals surface area (Å²) in [6.45, 7) is 5.90. The number of halogens is 2. The van der Waals surface area contributed by atoms with Crippen LogP contribution in [-0.2, 0) is 14.3 Å². The normalized spacial score (nSPS) is 16.2. The van der Waals surface area contributed by atoms with Crippen LogP contribution in [0.25, 0.3) is 17.2 Å². The van der Waals surface area contributed by atoms with Crippen LogP contribution in [0.4, 0.5) is 14.5 Å². The van der Waals surface area contributed by atoms with E-state index in [4.69, 9.17) is 26.8 Å². The Morgan fingerprint density at radius 3 is 2.48 bits per heavy atom. The van der Waals surface area contributed by atoms with E-state index in [9.17, 15) is 23.2 Å². The zero-order valence-electron chi connectivity index (χ0n) is 24.9. The summed E-state index contributed by atoms with van der Waals surface area (Å²) in [4.78, 5) is 41.0. The molecule has 2 aliphatic heterocycles. The molecule has 0 saturated carbocycles. The maximum atomic E-state index is 14.1. The number of carbonyl (C=O) groups excluding carboxylic acids is 2. The van der Waals surface area contributed by atoms with Crippen LogP contribution in [0.2, 0.25) is 0 Å². The molecular formula is C33H31F2N3O6S2. The van der Waals surface area contributed by atoms with Crippen LogP contribution in [0.1, 0.15) is 27.9 Å². The van der Waals surface area contributed by atoms with E-state index in [0.717, 1.165) is 42.5 Å². The van der Waals surface area contributed by atoms with Crippen LogP contribution in [0.5, 0.6) is 5.75 Å². The first-order valence-electron chi connectivity index (χ1n) is 14.5. The summed E-state index contributed by atoms with van der Waals surface area (Å²) in [5, 5.41) is 11.7. The maximum absolute atomic E-state index is 14.1. The minimum Gasteiger partial charge on any atom is -0.491 e. The van der Waals surface area contributed by atoms with E-state index in [-0.39, 0.29) is 34.7 Å². The molecule has 3 aromatic rings. The first-order valence-corrected chi connectivity index (χ1v) is 15.7. The fraction of sp³-hybridized carbons (Fsp3) is 0.273. The predicted octanol–water partition coefficient (Wildman–Crippen LogP) is 5.58. The number of morpholine rings is 1. The van der Waals surface area contributed by atoms with E-state index in [1.54, 1.807) is 12.1 Å². The minimum absolute atomic E-state index is 0.0396. The summed E-state index contributed by atoms with van der Waals surface area (Å²) >= 11 is 6.57. The summed E-state index contributed by atoms with van der Waals surface area (Å²) in [5.41, 5.74) is 2.93. The zero-order chi connectivity index (χ0) is 32.8. The lowest BCUT2D eigenvalue weighted by Gasteiger charge is -2.26. The first-order chi connectivity index (χ1) is 22.1. The number of benzene rings is 3. The summed E-state index contributed by atoms with van der Waals surface area (Å²) in [5.74, 6) is -3.17. The second-order valence-electron chi connectivity index (χ2n) is 10.7. The predicted molar refractivity (Wildman–Crippen MR) is 176 cm³/mol. The van der Waals surface area contributed by atoms with Crippen LogP contribution in [0.15, 0.2) is 59.5 Å². The van der Waals surface area contributed by atoms with Crippen LogP contribution < -0.4 is 10.1 Å². The topological polar surface area (TPSA) is 108 Å². The first kappa shape index (κ1) is 33.2. The molecule has 13 heteroatoms. The van der Waals surface area contributed by atoms with Gasteiger partial charge in [-0.2, -0.15) is 0 Å². The Morgan fingerprint density at radius 2 is 1.78 bits per heavy atom. The number of aromatic carboxylic acids is 1. The van der Waals surface area contributed by atoms with Crippen molar-refractivity contribution in [2.24, 2.45) is 0 Å². The molecule has 0 radical (unpaired) electrons. The van der Waals surface area contributed by atoms with Gasteiger partial charge in [-0.15, -0.1) is 0 Å². The van der Waals surface area contributed by atoms with Crippen molar-refractivity contribution in [1.29, 1.82) is 0 Å². The van der Waals surface area contributed by atoms with Crippen molar-refractivity contribution < 1.29 is 37.7 Å². The molecular weight excluding hydrogens is 637 g/mol. The molecule has 0 aliphatic carbocycles. The van der Waals surface area contributed by atoms with Crippen molar-refractivity contribution in [1.82, 2.24) is 9.80 Å². The van der Waals surface area contributed by atoms with Gasteiger partial charge in [-0.1, -0.05) is 30.0 Å². The number of anilines is 1. The molecule has 2 N–H and O–H groups in total. The van der Waals surface area contributed by atoms with Crippen molar-refractivity contribution in [3.05, 3.63) is 87.8 Å². The van der Waals surface area contributed by atoms with Gasteiger partial charge in [0.1, 0.15) is 16.7 Å². The van der Waals surface area contributed by atoms with Crippen molar-refractivity contribution in [2.75, 3.05) is 51.3 Å². The molecule has 240 valence electrons. The summed E-state index contributed by atoms with van der Waals surface area (Å²) in [7, 11) is 0. The Bertz CT molecular complexity index is 1690. The van der Waals surface area contributed by atoms with Gasteiger partial charge in [0, 0.05) is 43.9 Å². The number of carboxylic acids is 1. The lowest BCUT2D eigenvalue weighted by Crippen LogP contribution is -2.38. The lowest BCUT2D eigenvalue weighted by atomic mass is 9.98. The van der Waals surface area contributed by atoms with Gasteiger partial charge in [-0.05, 0) is 78.2 Å². The molecule has 0 unspecified atom stereocenters. The standard InChI is InChI=1S/C33H31F2N3O6S2/c1-20-16-23(22-4-7-26(34)27(35)18-22)17-24(30(20)44-15-12-37-10-13-43-14-11-37)19-28-31(40)38(33(45)46-28)9-8-29(39)36-25-5-2-21(3-6-25)32(41)42/h2-7,16-19H,8-15H2,1H3,(H,36,39)(H,41,42)/b28-19-. The highest BCUT2D eigenvalue weighted by atomic mass is 32.2. The molecule has 0 atom stereocenters. The molecule has 5 rings (SSSR count). The largest absolute Gasteiger partial charge is 0.491 e. The van der Waals surface area contributed by atoms with Gasteiger partial charge >= 0.3 is 5.97 Å². The Labute approximate surface area is 274 Å². The zero-order valence-corrected chi connectivity index (χ0v) is 26.5. The molecule has 2 saturated heterocycles. The highest BCUT2D eigenvalue weighted by molar-refractivity contribution is 8.26. The van der Waals surface area contributed by atoms with Crippen molar-refractivity contribution in [3.8, 4) is 16.9 Å². The molecule has 2 aliphatic rings. The van der Waals surface area contributed by atoms with Gasteiger partial charge in [-0.3, -0.25) is 19.4 Å². The minimum atomic E-state index is -1.07. The van der Waals surface area contributed by atoms with E-state index in [2.05, 4.69) is 10.2 Å². The van der Waals surface area contributed by atoms with E-state index in [1.807, 2.05) is 13.0 Å². The second kappa shape index (κ2) is 14.9. The second-order valence-corrected chi connectivity index (χ2v) is 12.3. The number of amides is 2. The summed E-state index contributed by atoms with van der Waals surface area (Å²) < 4.78 is 39.7. The van der Waals surface area contributed by atoms with E-state index in [1.165, 1.54) is 35.2 Å². The van der Waals surface area contributed by atoms with Crippen molar-refractivity contribution in [2.45, 2.75) is 13.3 Å². The van der Waals surface area contributed by atoms with Gasteiger partial charge in [0.15, 0.2) is 11.6 Å². The number of nitrogens with zero attached hydrogens (tertiary/aromatic N) is 2. The molecule has 2 amide bonds. The fourth-order valence-corrected chi connectivity index (χ4v) is 6.32. The number of carboxylic acid groups (broad SMARTS) is 1. The molecule has 2 fully saturated rings. The third kappa shape index (κ3) is 8.15. The summed E-state index contributed by atoms with van der Waals surface area (Å²) in [6.07, 6.45) is 1.63. The summed E-state index contributed by atoms with van der Waals surface area (Å²) in [6, 6.07) is 13.0. The number of nitrogens with one attached hydrogen (secondary N) is 1. The van der Waals surface area contributed by atoms with E-state index >= 15 is 0 Å². The van der Waals surface area contributed by atoms with Crippen LogP contribution in [-0.4, -0.2) is 83.0 Å². The molecule has 46 heavy (non-hydrogen) atoms. The highest BCUT2D eigenvalue weighted by Crippen LogP contribution is 2.37. The Morgan fingerprint density at radius 1 is 1.04 bits per heavy atom. The molecule has 2 heterocycles. The Kier molecular flexibility index (Phi) is 10.8. The average Bonchev–Trinajstić information content (AvgIpc) is 3.30. The van der Waals surface area contributed by atoms with Crippen LogP contribution in [0, 0.1) is 18.6 Å². The molecule has 0 bridgehead atoms. The molecule has 0 aromatic heterocycles. The number of hydrogen-bond acceptors (Lipinski definition) is 8. The van der Waals surface area contributed by atoms with Crippen molar-refractivity contribution >= 4 is 57.8 Å². The smallest absolute Gasteiger partial charge is 0.335 e. The third-order valence-corrected chi connectivity index (χ3v) is 8.83.